The summed E-state index contributed by atoms with van der Waals surface area (Å²) in [5, 5.41) is 18.1. The van der Waals surface area contributed by atoms with Crippen molar-refractivity contribution >= 4 is 11.8 Å². The molecule has 84 valence electrons. The lowest BCUT2D eigenvalue weighted by Gasteiger charge is -2.20. The Morgan fingerprint density at radius 3 is 2.56 bits per heavy atom. The molecule has 1 aromatic rings. The highest BCUT2D eigenvalue weighted by atomic mass is 16.6. The molecule has 2 rings (SSSR count). The molecule has 1 heterocycles. The van der Waals surface area contributed by atoms with Crippen LogP contribution in [0.3, 0.4) is 0 Å². The summed E-state index contributed by atoms with van der Waals surface area (Å²) in [6, 6.07) is 2.62. The van der Waals surface area contributed by atoms with E-state index in [0.717, 1.165) is 0 Å². The molecule has 0 bridgehead atoms. The number of ether oxygens (including phenoxy) is 2. The van der Waals surface area contributed by atoms with Crippen LogP contribution in [0.1, 0.15) is 10.4 Å². The van der Waals surface area contributed by atoms with Crippen LogP contribution in [-0.2, 0) is 4.79 Å². The van der Waals surface area contributed by atoms with Crippen LogP contribution < -0.4 is 9.47 Å². The zero-order valence-electron chi connectivity index (χ0n) is 8.10. The monoisotopic (exact) mass is 224 g/mol. The molecule has 1 aromatic carbocycles. The molecule has 0 unspecified atom stereocenters. The molecular weight excluding hydrogens is 216 g/mol. The lowest BCUT2D eigenvalue weighted by Crippen LogP contribution is -2.20. The molecule has 1 aliphatic heterocycles. The van der Waals surface area contributed by atoms with E-state index in [4.69, 9.17) is 14.6 Å². The number of carbonyl (C=O) groups excluding carboxylic acids is 1. The van der Waals surface area contributed by atoms with Gasteiger partial charge in [0.15, 0.2) is 11.5 Å². The van der Waals surface area contributed by atoms with Gasteiger partial charge in [0.25, 0.3) is 5.78 Å². The quantitative estimate of drug-likeness (QED) is 0.559. The first-order chi connectivity index (χ1) is 7.61. The fourth-order valence-electron chi connectivity index (χ4n) is 1.43. The summed E-state index contributed by atoms with van der Waals surface area (Å²) in [6.45, 7) is 0.523. The van der Waals surface area contributed by atoms with Gasteiger partial charge in [-0.2, -0.15) is 0 Å². The zero-order chi connectivity index (χ0) is 11.7. The second-order valence-electron chi connectivity index (χ2n) is 3.12. The lowest BCUT2D eigenvalue weighted by molar-refractivity contribution is -0.131. The highest BCUT2D eigenvalue weighted by Gasteiger charge is 2.28. The van der Waals surface area contributed by atoms with Gasteiger partial charge in [-0.15, -0.1) is 0 Å². The van der Waals surface area contributed by atoms with Gasteiger partial charge in [-0.1, -0.05) is 0 Å². The summed E-state index contributed by atoms with van der Waals surface area (Å²) in [4.78, 5) is 21.9. The number of aliphatic carboxylic acids is 1. The molecule has 0 aliphatic carbocycles. The van der Waals surface area contributed by atoms with Gasteiger partial charge in [0.1, 0.15) is 24.5 Å². The molecule has 6 heteroatoms. The number of phenolic OH excluding ortho intramolecular Hbond substituents is 1. The van der Waals surface area contributed by atoms with Gasteiger partial charge in [0.2, 0.25) is 0 Å². The molecule has 0 fully saturated rings. The number of carboxylic acid groups (broad SMARTS) is 1. The minimum atomic E-state index is -1.65. The van der Waals surface area contributed by atoms with E-state index in [1.54, 1.807) is 0 Å². The first kappa shape index (κ1) is 10.3. The molecule has 16 heavy (non-hydrogen) atoms. The van der Waals surface area contributed by atoms with Crippen molar-refractivity contribution in [2.45, 2.75) is 0 Å². The minimum absolute atomic E-state index is 0.0151. The van der Waals surface area contributed by atoms with E-state index < -0.39 is 17.5 Å². The van der Waals surface area contributed by atoms with Gasteiger partial charge < -0.3 is 19.7 Å². The summed E-state index contributed by atoms with van der Waals surface area (Å²) in [7, 11) is 0. The van der Waals surface area contributed by atoms with E-state index in [9.17, 15) is 14.7 Å². The van der Waals surface area contributed by atoms with Crippen molar-refractivity contribution in [3.05, 3.63) is 17.7 Å². The minimum Gasteiger partial charge on any atom is -0.507 e. The van der Waals surface area contributed by atoms with Crippen LogP contribution in [0.2, 0.25) is 0 Å². The number of fused-ring (bicyclic) bond motifs is 1. The maximum Gasteiger partial charge on any atom is 0.377 e. The SMILES string of the molecule is O=C(O)C(=O)c1c(O)ccc2c1OCCO2. The van der Waals surface area contributed by atoms with Crippen molar-refractivity contribution in [2.75, 3.05) is 13.2 Å². The standard InChI is InChI=1S/C10H8O6/c11-5-1-2-6-9(16-4-3-15-6)7(5)8(12)10(13)14/h1-2,11H,3-4H2,(H,13,14). The van der Waals surface area contributed by atoms with Crippen LogP contribution in [0.15, 0.2) is 12.1 Å². The molecule has 0 spiro atoms. The number of aromatic hydroxyl groups is 1. The van der Waals surface area contributed by atoms with Gasteiger partial charge in [0.05, 0.1) is 0 Å². The Labute approximate surface area is 90.0 Å². The number of rotatable bonds is 2. The Kier molecular flexibility index (Phi) is 2.40. The summed E-state index contributed by atoms with van der Waals surface area (Å²) < 4.78 is 10.3. The lowest BCUT2D eigenvalue weighted by atomic mass is 10.1. The predicted octanol–water partition coefficient (Wildman–Crippen LogP) is 0.431. The van der Waals surface area contributed by atoms with Crippen LogP contribution in [0, 0.1) is 0 Å². The van der Waals surface area contributed by atoms with E-state index in [-0.39, 0.29) is 23.7 Å². The second-order valence-corrected chi connectivity index (χ2v) is 3.12. The molecule has 0 atom stereocenters. The van der Waals surface area contributed by atoms with E-state index in [0.29, 0.717) is 6.61 Å². The summed E-state index contributed by atoms with van der Waals surface area (Å²) in [5.41, 5.74) is -0.371. The largest absolute Gasteiger partial charge is 0.507 e. The van der Waals surface area contributed by atoms with Gasteiger partial charge in [-0.3, -0.25) is 4.79 Å². The third kappa shape index (κ3) is 1.54. The fraction of sp³-hybridized carbons (Fsp3) is 0.200. The number of Topliss-reactive ketones (excluding diaryl/α,β-unsaturated/α-hetero) is 1. The predicted molar refractivity (Wildman–Crippen MR) is 51.1 cm³/mol. The maximum atomic E-state index is 11.3. The van der Waals surface area contributed by atoms with Crippen LogP contribution in [0.25, 0.3) is 0 Å². The number of carboxylic acids is 1. The third-order valence-corrected chi connectivity index (χ3v) is 2.11. The van der Waals surface area contributed by atoms with Gasteiger partial charge >= 0.3 is 5.97 Å². The average molecular weight is 224 g/mol. The van der Waals surface area contributed by atoms with E-state index in [1.807, 2.05) is 0 Å². The molecule has 0 aromatic heterocycles. The number of carbonyl (C=O) groups is 2. The first-order valence-corrected chi connectivity index (χ1v) is 4.50. The molecule has 0 amide bonds. The Balaban J connectivity index is 2.58. The van der Waals surface area contributed by atoms with Crippen molar-refractivity contribution in [3.8, 4) is 17.2 Å². The first-order valence-electron chi connectivity index (χ1n) is 4.50. The van der Waals surface area contributed by atoms with Gasteiger partial charge in [0, 0.05) is 0 Å². The highest BCUT2D eigenvalue weighted by Crippen LogP contribution is 2.38. The van der Waals surface area contributed by atoms with Crippen LogP contribution >= 0.6 is 0 Å². The Morgan fingerprint density at radius 2 is 1.88 bits per heavy atom. The Bertz CT molecular complexity index is 465. The van der Waals surface area contributed by atoms with Gasteiger partial charge in [-0.05, 0) is 12.1 Å². The third-order valence-electron chi connectivity index (χ3n) is 2.11. The number of ketones is 1. The van der Waals surface area contributed by atoms with E-state index >= 15 is 0 Å². The summed E-state index contributed by atoms with van der Waals surface area (Å²) >= 11 is 0. The van der Waals surface area contributed by atoms with Gasteiger partial charge in [-0.25, -0.2) is 4.79 Å². The summed E-state index contributed by atoms with van der Waals surface area (Å²) in [5.74, 6) is -3.07. The van der Waals surface area contributed by atoms with Crippen LogP contribution in [0.4, 0.5) is 0 Å². The molecule has 0 saturated carbocycles. The Hall–Kier alpha value is -2.24. The number of hydrogen-bond donors (Lipinski definition) is 2. The molecule has 2 N–H and O–H groups in total. The molecule has 1 aliphatic rings. The smallest absolute Gasteiger partial charge is 0.377 e. The van der Waals surface area contributed by atoms with Crippen molar-refractivity contribution < 1.29 is 29.3 Å². The molecule has 6 nitrogen and oxygen atoms in total. The van der Waals surface area contributed by atoms with E-state index in [1.165, 1.54) is 12.1 Å². The Morgan fingerprint density at radius 1 is 1.19 bits per heavy atom. The number of phenols is 1. The van der Waals surface area contributed by atoms with Crippen LogP contribution in [0.5, 0.6) is 17.2 Å². The molecule has 0 radical (unpaired) electrons. The average Bonchev–Trinajstić information content (AvgIpc) is 2.28. The second kappa shape index (κ2) is 3.73. The zero-order valence-corrected chi connectivity index (χ0v) is 8.10. The topological polar surface area (TPSA) is 93.1 Å². The van der Waals surface area contributed by atoms with Crippen molar-refractivity contribution in [2.24, 2.45) is 0 Å². The molecular formula is C10H8O6. The van der Waals surface area contributed by atoms with Crippen LogP contribution in [-0.4, -0.2) is 35.2 Å². The maximum absolute atomic E-state index is 11.3. The number of hydrogen-bond acceptors (Lipinski definition) is 5. The van der Waals surface area contributed by atoms with E-state index in [2.05, 4.69) is 0 Å². The van der Waals surface area contributed by atoms with Crippen molar-refractivity contribution in [1.29, 1.82) is 0 Å². The summed E-state index contributed by atoms with van der Waals surface area (Å²) in [6.07, 6.45) is 0. The van der Waals surface area contributed by atoms with Crippen molar-refractivity contribution in [3.63, 3.8) is 0 Å². The number of benzene rings is 1. The fourth-order valence-corrected chi connectivity index (χ4v) is 1.43. The highest BCUT2D eigenvalue weighted by molar-refractivity contribution is 6.41. The normalized spacial score (nSPS) is 13.2. The van der Waals surface area contributed by atoms with Crippen molar-refractivity contribution in [1.82, 2.24) is 0 Å². The molecule has 0 saturated heterocycles.